The summed E-state index contributed by atoms with van der Waals surface area (Å²) in [6.07, 6.45) is 1.86. The number of amides is 1. The van der Waals surface area contributed by atoms with E-state index in [0.717, 1.165) is 25.0 Å². The fraction of sp³-hybridized carbons (Fsp3) is 0.458. The molecule has 2 aromatic rings. The van der Waals surface area contributed by atoms with Crippen LogP contribution in [0.5, 0.6) is 5.75 Å². The van der Waals surface area contributed by atoms with E-state index in [1.807, 2.05) is 4.90 Å². The van der Waals surface area contributed by atoms with E-state index in [1.165, 1.54) is 12.0 Å². The Morgan fingerprint density at radius 3 is 2.41 bits per heavy atom. The molecule has 0 aromatic heterocycles. The summed E-state index contributed by atoms with van der Waals surface area (Å²) in [6, 6.07) is 7.76. The van der Waals surface area contributed by atoms with Crippen molar-refractivity contribution in [2.24, 2.45) is 5.92 Å². The van der Waals surface area contributed by atoms with Crippen molar-refractivity contribution in [2.75, 3.05) is 51.3 Å². The summed E-state index contributed by atoms with van der Waals surface area (Å²) in [4.78, 5) is 16.4. The van der Waals surface area contributed by atoms with Gasteiger partial charge in [-0.25, -0.2) is 17.2 Å². The first-order chi connectivity index (χ1) is 16.2. The number of hydrogen-bond acceptors (Lipinski definition) is 5. The maximum absolute atomic E-state index is 14.1. The van der Waals surface area contributed by atoms with Crippen LogP contribution in [-0.4, -0.2) is 69.9 Å². The van der Waals surface area contributed by atoms with Crippen LogP contribution in [0, 0.1) is 17.6 Å². The van der Waals surface area contributed by atoms with Crippen molar-refractivity contribution in [3.8, 4) is 5.75 Å². The quantitative estimate of drug-likeness (QED) is 0.639. The van der Waals surface area contributed by atoms with E-state index in [4.69, 9.17) is 4.74 Å². The van der Waals surface area contributed by atoms with E-state index < -0.39 is 27.6 Å². The van der Waals surface area contributed by atoms with Crippen LogP contribution in [0.3, 0.4) is 0 Å². The van der Waals surface area contributed by atoms with Crippen molar-refractivity contribution < 1.29 is 26.7 Å². The van der Waals surface area contributed by atoms with Crippen molar-refractivity contribution in [3.63, 3.8) is 0 Å². The minimum absolute atomic E-state index is 0.170. The Kier molecular flexibility index (Phi) is 7.09. The summed E-state index contributed by atoms with van der Waals surface area (Å²) in [5, 5.41) is 0. The molecule has 0 bridgehead atoms. The third-order valence-electron chi connectivity index (χ3n) is 6.48. The predicted molar refractivity (Wildman–Crippen MR) is 125 cm³/mol. The highest BCUT2D eigenvalue weighted by Gasteiger charge is 2.31. The number of sulfonamides is 1. The Hall–Kier alpha value is -2.72. The van der Waals surface area contributed by atoms with E-state index in [9.17, 15) is 22.0 Å². The molecule has 0 unspecified atom stereocenters. The van der Waals surface area contributed by atoms with Crippen LogP contribution in [0.1, 0.15) is 30.1 Å². The van der Waals surface area contributed by atoms with Crippen molar-refractivity contribution in [1.82, 2.24) is 9.21 Å². The van der Waals surface area contributed by atoms with Crippen molar-refractivity contribution >= 4 is 21.6 Å². The lowest BCUT2D eigenvalue weighted by Gasteiger charge is -2.37. The Morgan fingerprint density at radius 1 is 1.03 bits per heavy atom. The average molecular weight is 494 g/mol. The van der Waals surface area contributed by atoms with E-state index in [2.05, 4.69) is 6.92 Å². The number of ether oxygens (including phenoxy) is 1. The second-order valence-corrected chi connectivity index (χ2v) is 10.8. The van der Waals surface area contributed by atoms with Gasteiger partial charge in [-0.2, -0.15) is 4.31 Å². The summed E-state index contributed by atoms with van der Waals surface area (Å²) in [5.41, 5.74) is 0.463. The Labute approximate surface area is 199 Å². The van der Waals surface area contributed by atoms with Gasteiger partial charge in [-0.15, -0.1) is 0 Å². The van der Waals surface area contributed by atoms with E-state index in [0.29, 0.717) is 62.7 Å². The number of halogens is 2. The first kappa shape index (κ1) is 24.4. The van der Waals surface area contributed by atoms with Gasteiger partial charge in [-0.1, -0.05) is 6.92 Å². The molecule has 1 atom stereocenters. The molecule has 34 heavy (non-hydrogen) atoms. The maximum Gasteiger partial charge on any atom is 0.256 e. The number of hydrogen-bond donors (Lipinski definition) is 0. The fourth-order valence-corrected chi connectivity index (χ4v) is 6.19. The largest absolute Gasteiger partial charge is 0.495 e. The number of rotatable bonds is 5. The molecule has 184 valence electrons. The van der Waals surface area contributed by atoms with Crippen LogP contribution >= 0.6 is 0 Å². The molecule has 4 rings (SSSR count). The minimum Gasteiger partial charge on any atom is -0.495 e. The highest BCUT2D eigenvalue weighted by molar-refractivity contribution is 7.89. The summed E-state index contributed by atoms with van der Waals surface area (Å²) in [5.74, 6) is -1.27. The molecule has 0 N–H and O–H groups in total. The number of methoxy groups -OCH3 is 1. The average Bonchev–Trinajstić information content (AvgIpc) is 2.83. The molecule has 2 aliphatic rings. The van der Waals surface area contributed by atoms with Crippen molar-refractivity contribution in [3.05, 3.63) is 53.6 Å². The van der Waals surface area contributed by atoms with Gasteiger partial charge in [0.15, 0.2) is 0 Å². The molecule has 0 saturated carbocycles. The number of piperidine rings is 1. The van der Waals surface area contributed by atoms with Crippen LogP contribution in [0.25, 0.3) is 0 Å². The number of carbonyl (C=O) groups excluding carboxylic acids is 1. The Balaban J connectivity index is 1.52. The number of benzene rings is 2. The third-order valence-corrected chi connectivity index (χ3v) is 8.34. The molecule has 2 fully saturated rings. The normalized spacial score (nSPS) is 19.8. The van der Waals surface area contributed by atoms with Crippen LogP contribution in [0.15, 0.2) is 41.3 Å². The van der Waals surface area contributed by atoms with Gasteiger partial charge in [0.2, 0.25) is 10.0 Å². The van der Waals surface area contributed by atoms with E-state index in [-0.39, 0.29) is 10.5 Å². The zero-order chi connectivity index (χ0) is 24.5. The molecule has 2 aliphatic heterocycles. The summed E-state index contributed by atoms with van der Waals surface area (Å²) in [6.45, 7) is 4.50. The second kappa shape index (κ2) is 9.87. The molecule has 1 amide bonds. The molecule has 0 spiro atoms. The number of nitrogens with zero attached hydrogens (tertiary/aromatic N) is 3. The molecule has 7 nitrogen and oxygen atoms in total. The molecule has 2 heterocycles. The summed E-state index contributed by atoms with van der Waals surface area (Å²) >= 11 is 0. The fourth-order valence-electron chi connectivity index (χ4n) is 4.57. The van der Waals surface area contributed by atoms with Gasteiger partial charge in [0.25, 0.3) is 5.91 Å². The lowest BCUT2D eigenvalue weighted by atomic mass is 10.0. The first-order valence-corrected chi connectivity index (χ1v) is 12.8. The summed E-state index contributed by atoms with van der Waals surface area (Å²) < 4.78 is 60.8. The van der Waals surface area contributed by atoms with E-state index >= 15 is 0 Å². The maximum atomic E-state index is 14.1. The smallest absolute Gasteiger partial charge is 0.256 e. The van der Waals surface area contributed by atoms with Crippen LogP contribution in [0.4, 0.5) is 14.5 Å². The lowest BCUT2D eigenvalue weighted by Crippen LogP contribution is -2.49. The van der Waals surface area contributed by atoms with Crippen LogP contribution < -0.4 is 9.64 Å². The van der Waals surface area contributed by atoms with Crippen LogP contribution in [-0.2, 0) is 10.0 Å². The summed E-state index contributed by atoms with van der Waals surface area (Å²) in [7, 11) is -2.11. The molecule has 2 saturated heterocycles. The van der Waals surface area contributed by atoms with Crippen molar-refractivity contribution in [2.45, 2.75) is 24.7 Å². The van der Waals surface area contributed by atoms with Gasteiger partial charge in [-0.3, -0.25) is 4.79 Å². The second-order valence-electron chi connectivity index (χ2n) is 8.85. The molecular formula is C24H29F2N3O4S. The third kappa shape index (κ3) is 4.88. The van der Waals surface area contributed by atoms with Crippen LogP contribution in [0.2, 0.25) is 0 Å². The Morgan fingerprint density at radius 2 is 1.76 bits per heavy atom. The highest BCUT2D eigenvalue weighted by atomic mass is 32.2. The van der Waals surface area contributed by atoms with Gasteiger partial charge in [0.05, 0.1) is 23.3 Å². The van der Waals surface area contributed by atoms with Crippen molar-refractivity contribution in [1.29, 1.82) is 0 Å². The number of carbonyl (C=O) groups is 1. The van der Waals surface area contributed by atoms with Gasteiger partial charge in [0, 0.05) is 45.3 Å². The standard InChI is InChI=1S/C24H29F2N3O4S/c1-17-4-3-9-29(16-17)34(31,32)19-6-8-23(33-2)22(15-19)27-10-12-28(13-11-27)24(30)20-7-5-18(25)14-21(20)26/h5-8,14-15,17H,3-4,9-13,16H2,1-2H3/t17-/m0/s1. The zero-order valence-electron chi connectivity index (χ0n) is 19.3. The molecule has 2 aromatic carbocycles. The molecular weight excluding hydrogens is 464 g/mol. The molecule has 10 heteroatoms. The van der Waals surface area contributed by atoms with Gasteiger partial charge >= 0.3 is 0 Å². The van der Waals surface area contributed by atoms with Gasteiger partial charge in [-0.05, 0) is 49.1 Å². The number of anilines is 1. The lowest BCUT2D eigenvalue weighted by molar-refractivity contribution is 0.0742. The molecule has 0 aliphatic carbocycles. The minimum atomic E-state index is -3.64. The van der Waals surface area contributed by atoms with Gasteiger partial charge in [0.1, 0.15) is 17.4 Å². The topological polar surface area (TPSA) is 70.2 Å². The van der Waals surface area contributed by atoms with E-state index in [1.54, 1.807) is 22.5 Å². The van der Waals surface area contributed by atoms with Gasteiger partial charge < -0.3 is 14.5 Å². The Bertz CT molecular complexity index is 1170. The SMILES string of the molecule is COc1ccc(S(=O)(=O)N2CCC[C@H](C)C2)cc1N1CCN(C(=O)c2ccc(F)cc2F)CC1. The monoisotopic (exact) mass is 493 g/mol. The first-order valence-electron chi connectivity index (χ1n) is 11.4. The highest BCUT2D eigenvalue weighted by Crippen LogP contribution is 2.34. The predicted octanol–water partition coefficient (Wildman–Crippen LogP) is 3.36. The zero-order valence-corrected chi connectivity index (χ0v) is 20.2. The molecule has 0 radical (unpaired) electrons. The number of piperazine rings is 1.